The second-order valence-electron chi connectivity index (χ2n) is 4.31. The number of nitrogens with two attached hydrogens (primary N) is 1. The van der Waals surface area contributed by atoms with Crippen LogP contribution in [0.3, 0.4) is 0 Å². The van der Waals surface area contributed by atoms with E-state index in [0.717, 1.165) is 13.0 Å². The van der Waals surface area contributed by atoms with Crippen molar-refractivity contribution >= 4 is 5.78 Å². The summed E-state index contributed by atoms with van der Waals surface area (Å²) in [6.07, 6.45) is 5.02. The number of nitrogens with one attached hydrogen (secondary N) is 1. The highest BCUT2D eigenvalue weighted by Crippen LogP contribution is 2.01. The Morgan fingerprint density at radius 2 is 2.28 bits per heavy atom. The number of nitrogens with zero attached hydrogens (tertiary/aromatic N) is 2. The molecule has 1 heterocycles. The zero-order valence-corrected chi connectivity index (χ0v) is 11.1. The number of unbranched alkanes of at least 4 members (excludes halogenated alkanes) is 2. The lowest BCUT2D eigenvalue weighted by Gasteiger charge is -2.12. The quantitative estimate of drug-likeness (QED) is 0.536. The maximum Gasteiger partial charge on any atom is 0.197 e. The summed E-state index contributed by atoms with van der Waals surface area (Å²) in [6.45, 7) is 5.12. The van der Waals surface area contributed by atoms with Gasteiger partial charge in [0, 0.05) is 6.20 Å². The predicted octanol–water partition coefficient (Wildman–Crippen LogP) is 1.29. The first-order valence-corrected chi connectivity index (χ1v) is 6.48. The maximum absolute atomic E-state index is 12.1. The molecule has 100 valence electrons. The predicted molar refractivity (Wildman–Crippen MR) is 71.2 cm³/mol. The Labute approximate surface area is 108 Å². The van der Waals surface area contributed by atoms with Crippen LogP contribution in [-0.4, -0.2) is 28.3 Å². The topological polar surface area (TPSA) is 80.9 Å². The Kier molecular flexibility index (Phi) is 6.46. The van der Waals surface area contributed by atoms with Crippen molar-refractivity contribution in [2.75, 3.05) is 6.54 Å². The zero-order chi connectivity index (χ0) is 13.4. The largest absolute Gasteiger partial charge is 0.324 e. The minimum absolute atomic E-state index is 0.0106. The number of hydrogen-bond donors (Lipinski definition) is 2. The smallest absolute Gasteiger partial charge is 0.197 e. The highest BCUT2D eigenvalue weighted by atomic mass is 16.1. The Morgan fingerprint density at radius 1 is 1.50 bits per heavy atom. The van der Waals surface area contributed by atoms with Crippen molar-refractivity contribution < 1.29 is 4.79 Å². The second kappa shape index (κ2) is 7.89. The van der Waals surface area contributed by atoms with Gasteiger partial charge in [0.2, 0.25) is 0 Å². The molecule has 0 aliphatic carbocycles. The molecule has 1 aromatic rings. The van der Waals surface area contributed by atoms with Crippen LogP contribution in [0.1, 0.15) is 49.4 Å². The van der Waals surface area contributed by atoms with Crippen LogP contribution < -0.4 is 11.1 Å². The summed E-state index contributed by atoms with van der Waals surface area (Å²) in [5, 5.41) is 3.21. The first-order chi connectivity index (χ1) is 8.69. The number of aromatic nitrogens is 2. The lowest BCUT2D eigenvalue weighted by atomic mass is 10.1. The van der Waals surface area contributed by atoms with Gasteiger partial charge in [0.05, 0.1) is 12.6 Å². The summed E-state index contributed by atoms with van der Waals surface area (Å²) in [5.41, 5.74) is 5.89. The van der Waals surface area contributed by atoms with E-state index in [1.54, 1.807) is 12.3 Å². The molecular formula is C13H22N4O. The van der Waals surface area contributed by atoms with Crippen LogP contribution >= 0.6 is 0 Å². The summed E-state index contributed by atoms with van der Waals surface area (Å²) < 4.78 is 0. The minimum atomic E-state index is -0.220. The Hall–Kier alpha value is -1.33. The van der Waals surface area contributed by atoms with E-state index < -0.39 is 0 Å². The van der Waals surface area contributed by atoms with Gasteiger partial charge >= 0.3 is 0 Å². The molecule has 0 aromatic carbocycles. The Bertz CT molecular complexity index is 381. The molecule has 0 fully saturated rings. The van der Waals surface area contributed by atoms with Crippen LogP contribution in [0.5, 0.6) is 0 Å². The van der Waals surface area contributed by atoms with Crippen molar-refractivity contribution in [2.24, 2.45) is 5.73 Å². The van der Waals surface area contributed by atoms with E-state index >= 15 is 0 Å². The molecule has 3 N–H and O–H groups in total. The molecule has 5 nitrogen and oxygen atoms in total. The summed E-state index contributed by atoms with van der Waals surface area (Å²) in [4.78, 5) is 20.2. The summed E-state index contributed by atoms with van der Waals surface area (Å²) >= 11 is 0. The molecule has 18 heavy (non-hydrogen) atoms. The van der Waals surface area contributed by atoms with Crippen molar-refractivity contribution in [1.82, 2.24) is 15.3 Å². The van der Waals surface area contributed by atoms with Gasteiger partial charge in [-0.05, 0) is 26.0 Å². The van der Waals surface area contributed by atoms with Gasteiger partial charge in [-0.15, -0.1) is 0 Å². The number of Topliss-reactive ketones (excluding diaryl/α,β-unsaturated/α-hetero) is 1. The average molecular weight is 250 g/mol. The van der Waals surface area contributed by atoms with Crippen molar-refractivity contribution in [2.45, 2.75) is 45.7 Å². The van der Waals surface area contributed by atoms with Crippen LogP contribution in [0.25, 0.3) is 0 Å². The molecule has 0 saturated heterocycles. The van der Waals surface area contributed by atoms with Gasteiger partial charge < -0.3 is 11.1 Å². The standard InChI is InChI=1S/C13H22N4O/c1-3-4-5-7-15-10(2)13(18)11-6-8-16-12(9-14)17-11/h6,8,10,15H,3-5,7,9,14H2,1-2H3. The third-order valence-electron chi connectivity index (χ3n) is 2.76. The molecule has 0 aliphatic rings. The number of hydrogen-bond acceptors (Lipinski definition) is 5. The van der Waals surface area contributed by atoms with E-state index in [9.17, 15) is 4.79 Å². The van der Waals surface area contributed by atoms with E-state index in [-0.39, 0.29) is 18.4 Å². The fourth-order valence-corrected chi connectivity index (χ4v) is 1.64. The lowest BCUT2D eigenvalue weighted by Crippen LogP contribution is -2.35. The highest BCUT2D eigenvalue weighted by molar-refractivity contribution is 5.98. The van der Waals surface area contributed by atoms with E-state index in [2.05, 4.69) is 22.2 Å². The van der Waals surface area contributed by atoms with Crippen molar-refractivity contribution in [3.05, 3.63) is 23.8 Å². The van der Waals surface area contributed by atoms with Gasteiger partial charge in [0.1, 0.15) is 11.5 Å². The molecule has 1 atom stereocenters. The van der Waals surface area contributed by atoms with Crippen LogP contribution in [0, 0.1) is 0 Å². The monoisotopic (exact) mass is 250 g/mol. The van der Waals surface area contributed by atoms with Gasteiger partial charge in [-0.1, -0.05) is 19.8 Å². The summed E-state index contributed by atoms with van der Waals surface area (Å²) in [5.74, 6) is 0.489. The van der Waals surface area contributed by atoms with Crippen molar-refractivity contribution in [1.29, 1.82) is 0 Å². The van der Waals surface area contributed by atoms with Gasteiger partial charge in [-0.25, -0.2) is 9.97 Å². The van der Waals surface area contributed by atoms with Gasteiger partial charge in [-0.3, -0.25) is 4.79 Å². The van der Waals surface area contributed by atoms with Gasteiger partial charge in [-0.2, -0.15) is 0 Å². The third-order valence-corrected chi connectivity index (χ3v) is 2.76. The molecule has 0 saturated carbocycles. The molecule has 1 aromatic heterocycles. The van der Waals surface area contributed by atoms with Crippen LogP contribution in [0.2, 0.25) is 0 Å². The van der Waals surface area contributed by atoms with E-state index in [1.807, 2.05) is 6.92 Å². The zero-order valence-electron chi connectivity index (χ0n) is 11.1. The molecule has 1 rings (SSSR count). The molecule has 0 amide bonds. The first-order valence-electron chi connectivity index (χ1n) is 6.48. The second-order valence-corrected chi connectivity index (χ2v) is 4.31. The van der Waals surface area contributed by atoms with Crippen molar-refractivity contribution in [3.63, 3.8) is 0 Å². The number of ketones is 1. The fourth-order valence-electron chi connectivity index (χ4n) is 1.64. The number of carbonyl (C=O) groups excluding carboxylic acids is 1. The lowest BCUT2D eigenvalue weighted by molar-refractivity contribution is 0.0945. The average Bonchev–Trinajstić information content (AvgIpc) is 2.42. The molecule has 1 unspecified atom stereocenters. The third kappa shape index (κ3) is 4.50. The van der Waals surface area contributed by atoms with E-state index in [0.29, 0.717) is 11.5 Å². The molecule has 0 spiro atoms. The molecule has 5 heteroatoms. The maximum atomic E-state index is 12.1. The Balaban J connectivity index is 2.51. The summed E-state index contributed by atoms with van der Waals surface area (Å²) in [6, 6.07) is 1.41. The molecular weight excluding hydrogens is 228 g/mol. The van der Waals surface area contributed by atoms with Crippen LogP contribution in [0.15, 0.2) is 12.3 Å². The molecule has 0 aliphatic heterocycles. The summed E-state index contributed by atoms with van der Waals surface area (Å²) in [7, 11) is 0. The van der Waals surface area contributed by atoms with Crippen molar-refractivity contribution in [3.8, 4) is 0 Å². The first kappa shape index (κ1) is 14.7. The SMILES string of the molecule is CCCCCNC(C)C(=O)c1ccnc(CN)n1. The molecule has 0 bridgehead atoms. The molecule has 0 radical (unpaired) electrons. The highest BCUT2D eigenvalue weighted by Gasteiger charge is 2.16. The van der Waals surface area contributed by atoms with E-state index in [1.165, 1.54) is 12.8 Å². The fraction of sp³-hybridized carbons (Fsp3) is 0.615. The number of carbonyl (C=O) groups is 1. The van der Waals surface area contributed by atoms with Gasteiger partial charge in [0.15, 0.2) is 5.78 Å². The van der Waals surface area contributed by atoms with Gasteiger partial charge in [0.25, 0.3) is 0 Å². The van der Waals surface area contributed by atoms with Crippen LogP contribution in [0.4, 0.5) is 0 Å². The normalized spacial score (nSPS) is 12.4. The Morgan fingerprint density at radius 3 is 2.94 bits per heavy atom. The number of rotatable bonds is 8. The van der Waals surface area contributed by atoms with E-state index in [4.69, 9.17) is 5.73 Å². The minimum Gasteiger partial charge on any atom is -0.324 e. The van der Waals surface area contributed by atoms with Crippen LogP contribution in [-0.2, 0) is 6.54 Å².